The smallest absolute Gasteiger partial charge is 0.223 e. The van der Waals surface area contributed by atoms with E-state index in [-0.39, 0.29) is 12.0 Å². The number of halogens is 1. The van der Waals surface area contributed by atoms with Crippen LogP contribution in [0.4, 0.5) is 0 Å². The lowest BCUT2D eigenvalue weighted by atomic mass is 9.89. The molecule has 2 atom stereocenters. The van der Waals surface area contributed by atoms with E-state index >= 15 is 0 Å². The molecule has 1 aromatic rings. The Morgan fingerprint density at radius 3 is 2.68 bits per heavy atom. The maximum Gasteiger partial charge on any atom is 0.223 e. The second-order valence-corrected chi connectivity index (χ2v) is 9.71. The monoisotopic (exact) mass is 449 g/mol. The van der Waals surface area contributed by atoms with Gasteiger partial charge in [0.2, 0.25) is 5.91 Å². The maximum atomic E-state index is 12.9. The highest BCUT2D eigenvalue weighted by Gasteiger charge is 2.30. The summed E-state index contributed by atoms with van der Waals surface area (Å²) in [5.74, 6) is 1.86. The summed E-state index contributed by atoms with van der Waals surface area (Å²) in [4.78, 5) is 19.9. The summed E-state index contributed by atoms with van der Waals surface area (Å²) in [6, 6.07) is 6.37. The lowest BCUT2D eigenvalue weighted by molar-refractivity contribution is -0.133. The summed E-state index contributed by atoms with van der Waals surface area (Å²) in [5, 5.41) is 0.724. The first-order chi connectivity index (χ1) is 15.0. The summed E-state index contributed by atoms with van der Waals surface area (Å²) in [6.07, 6.45) is 2.86. The van der Waals surface area contributed by atoms with Crippen molar-refractivity contribution in [3.63, 3.8) is 0 Å². The van der Waals surface area contributed by atoms with Gasteiger partial charge in [0.25, 0.3) is 0 Å². The third-order valence-corrected chi connectivity index (χ3v) is 7.33. The number of amides is 1. The van der Waals surface area contributed by atoms with Crippen LogP contribution in [-0.2, 0) is 16.1 Å². The van der Waals surface area contributed by atoms with Crippen molar-refractivity contribution in [1.29, 1.82) is 0 Å². The van der Waals surface area contributed by atoms with Crippen molar-refractivity contribution in [2.45, 2.75) is 51.8 Å². The van der Waals surface area contributed by atoms with Gasteiger partial charge in [0.1, 0.15) is 11.9 Å². The molecule has 6 nitrogen and oxygen atoms in total. The Balaban J connectivity index is 1.24. The minimum Gasteiger partial charge on any atom is -0.489 e. The number of hydrogen-bond donors (Lipinski definition) is 0. The van der Waals surface area contributed by atoms with E-state index in [0.717, 1.165) is 88.2 Å². The number of carbonyl (C=O) groups excluding carboxylic acids is 1. The zero-order valence-electron chi connectivity index (χ0n) is 18.9. The number of rotatable bonds is 5. The Kier molecular flexibility index (Phi) is 7.75. The molecule has 2 saturated heterocycles. The Labute approximate surface area is 191 Å². The van der Waals surface area contributed by atoms with Crippen LogP contribution >= 0.6 is 11.6 Å². The molecule has 0 bridgehead atoms. The van der Waals surface area contributed by atoms with E-state index in [4.69, 9.17) is 21.1 Å². The van der Waals surface area contributed by atoms with Gasteiger partial charge in [-0.15, -0.1) is 0 Å². The maximum absolute atomic E-state index is 12.9. The van der Waals surface area contributed by atoms with Crippen LogP contribution in [0.5, 0.6) is 5.75 Å². The molecule has 3 aliphatic heterocycles. The van der Waals surface area contributed by atoms with E-state index in [2.05, 4.69) is 28.5 Å². The van der Waals surface area contributed by atoms with Crippen molar-refractivity contribution >= 4 is 17.5 Å². The number of nitrogens with zero attached hydrogens (tertiary/aromatic N) is 3. The van der Waals surface area contributed by atoms with Gasteiger partial charge in [0.05, 0.1) is 13.2 Å². The van der Waals surface area contributed by atoms with Crippen LogP contribution in [0, 0.1) is 5.92 Å². The average Bonchev–Trinajstić information content (AvgIpc) is 2.95. The summed E-state index contributed by atoms with van der Waals surface area (Å²) < 4.78 is 11.5. The minimum atomic E-state index is 0.0925. The highest BCUT2D eigenvalue weighted by Crippen LogP contribution is 2.28. The first kappa shape index (κ1) is 22.8. The Morgan fingerprint density at radius 2 is 1.94 bits per heavy atom. The fourth-order valence-corrected chi connectivity index (χ4v) is 5.40. The van der Waals surface area contributed by atoms with E-state index in [0.29, 0.717) is 18.4 Å². The molecular weight excluding hydrogens is 414 g/mol. The van der Waals surface area contributed by atoms with Gasteiger partial charge in [-0.2, -0.15) is 0 Å². The molecule has 0 aliphatic carbocycles. The minimum absolute atomic E-state index is 0.0925. The van der Waals surface area contributed by atoms with Crippen molar-refractivity contribution in [3.8, 4) is 5.75 Å². The number of morpholine rings is 1. The Morgan fingerprint density at radius 1 is 1.19 bits per heavy atom. The van der Waals surface area contributed by atoms with Crippen molar-refractivity contribution in [3.05, 3.63) is 28.8 Å². The number of benzene rings is 1. The largest absolute Gasteiger partial charge is 0.489 e. The Hall–Kier alpha value is -1.34. The molecule has 0 radical (unpaired) electrons. The van der Waals surface area contributed by atoms with Gasteiger partial charge in [-0.25, -0.2) is 0 Å². The van der Waals surface area contributed by atoms with Gasteiger partial charge in [-0.1, -0.05) is 11.6 Å². The predicted molar refractivity (Wildman–Crippen MR) is 123 cm³/mol. The van der Waals surface area contributed by atoms with E-state index in [9.17, 15) is 4.79 Å². The highest BCUT2D eigenvalue weighted by molar-refractivity contribution is 6.30. The van der Waals surface area contributed by atoms with Crippen LogP contribution in [-0.4, -0.2) is 85.2 Å². The number of fused-ring (bicyclic) bond motifs is 1. The van der Waals surface area contributed by atoms with E-state index < -0.39 is 0 Å². The van der Waals surface area contributed by atoms with E-state index in [1.54, 1.807) is 0 Å². The molecular formula is C24H36ClN3O3. The first-order valence-electron chi connectivity index (χ1n) is 11.8. The number of piperidine rings is 1. The molecule has 0 aromatic heterocycles. The SMILES string of the molecule is C[C@@H]1CN(CCC(=O)N2CCC([C@@H](C)N3CCOCC3)CC2)Cc2cc(Cl)ccc2O1. The molecule has 7 heteroatoms. The normalized spacial score (nSPS) is 24.9. The summed E-state index contributed by atoms with van der Waals surface area (Å²) in [5.41, 5.74) is 1.10. The number of ether oxygens (including phenoxy) is 2. The molecule has 3 heterocycles. The van der Waals surface area contributed by atoms with Gasteiger partial charge in [0.15, 0.2) is 0 Å². The van der Waals surface area contributed by atoms with Crippen molar-refractivity contribution in [2.24, 2.45) is 5.92 Å². The number of carbonyl (C=O) groups is 1. The van der Waals surface area contributed by atoms with Gasteiger partial charge in [-0.3, -0.25) is 14.6 Å². The van der Waals surface area contributed by atoms with Crippen LogP contribution in [0.25, 0.3) is 0 Å². The second kappa shape index (κ2) is 10.5. The van der Waals surface area contributed by atoms with Crippen LogP contribution in [0.3, 0.4) is 0 Å². The molecule has 1 amide bonds. The van der Waals surface area contributed by atoms with E-state index in [1.165, 1.54) is 0 Å². The summed E-state index contributed by atoms with van der Waals surface area (Å²) >= 11 is 6.18. The van der Waals surface area contributed by atoms with Crippen LogP contribution < -0.4 is 4.74 Å². The number of hydrogen-bond acceptors (Lipinski definition) is 5. The molecule has 4 rings (SSSR count). The van der Waals surface area contributed by atoms with Gasteiger partial charge in [0, 0.05) is 68.9 Å². The molecule has 0 spiro atoms. The lowest BCUT2D eigenvalue weighted by Gasteiger charge is -2.41. The molecule has 0 unspecified atom stereocenters. The number of likely N-dealkylation sites (tertiary alicyclic amines) is 1. The zero-order chi connectivity index (χ0) is 21.8. The molecule has 0 saturated carbocycles. The van der Waals surface area contributed by atoms with Crippen molar-refractivity contribution in [1.82, 2.24) is 14.7 Å². The van der Waals surface area contributed by atoms with Gasteiger partial charge < -0.3 is 14.4 Å². The fourth-order valence-electron chi connectivity index (χ4n) is 5.21. The third-order valence-electron chi connectivity index (χ3n) is 7.10. The van der Waals surface area contributed by atoms with Crippen molar-refractivity contribution < 1.29 is 14.3 Å². The van der Waals surface area contributed by atoms with Gasteiger partial charge in [-0.05, 0) is 50.8 Å². The third kappa shape index (κ3) is 5.92. The predicted octanol–water partition coefficient (Wildman–Crippen LogP) is 3.27. The standard InChI is InChI=1S/C24H36ClN3O3/c1-18-16-26(17-21-15-22(25)3-4-23(21)31-18)8-7-24(29)28-9-5-20(6-10-28)19(2)27-11-13-30-14-12-27/h3-4,15,18-20H,5-14,16-17H2,1-2H3/t18-,19-/m1/s1. The van der Waals surface area contributed by atoms with E-state index in [1.807, 2.05) is 18.2 Å². The second-order valence-electron chi connectivity index (χ2n) is 9.27. The fraction of sp³-hybridized carbons (Fsp3) is 0.708. The molecule has 1 aromatic carbocycles. The molecule has 2 fully saturated rings. The highest BCUT2D eigenvalue weighted by atomic mass is 35.5. The summed E-state index contributed by atoms with van der Waals surface area (Å²) in [7, 11) is 0. The Bertz CT molecular complexity index is 748. The van der Waals surface area contributed by atoms with Crippen LogP contribution in [0.15, 0.2) is 18.2 Å². The molecule has 31 heavy (non-hydrogen) atoms. The first-order valence-corrected chi connectivity index (χ1v) is 12.1. The topological polar surface area (TPSA) is 45.3 Å². The molecule has 0 N–H and O–H groups in total. The quantitative estimate of drug-likeness (QED) is 0.690. The van der Waals surface area contributed by atoms with Crippen LogP contribution in [0.1, 0.15) is 38.7 Å². The lowest BCUT2D eigenvalue weighted by Crippen LogP contribution is -2.49. The van der Waals surface area contributed by atoms with Crippen molar-refractivity contribution in [2.75, 3.05) is 52.5 Å². The summed E-state index contributed by atoms with van der Waals surface area (Å²) in [6.45, 7) is 12.3. The molecule has 172 valence electrons. The van der Waals surface area contributed by atoms with Crippen LogP contribution in [0.2, 0.25) is 5.02 Å². The molecule has 3 aliphatic rings. The zero-order valence-corrected chi connectivity index (χ0v) is 19.6. The van der Waals surface area contributed by atoms with Gasteiger partial charge >= 0.3 is 0 Å². The average molecular weight is 450 g/mol.